The van der Waals surface area contributed by atoms with Crippen LogP contribution in [0.2, 0.25) is 0 Å². The normalized spacial score (nSPS) is 33.9. The van der Waals surface area contributed by atoms with Crippen molar-refractivity contribution in [3.63, 3.8) is 0 Å². The van der Waals surface area contributed by atoms with Crippen LogP contribution in [0.4, 0.5) is 4.79 Å². The first kappa shape index (κ1) is 26.3. The fourth-order valence-corrected chi connectivity index (χ4v) is 8.87. The van der Waals surface area contributed by atoms with Crippen LogP contribution in [0.15, 0.2) is 18.2 Å². The number of likely N-dealkylation sites (tertiary alicyclic amines) is 1. The van der Waals surface area contributed by atoms with Crippen LogP contribution < -0.4 is 4.74 Å². The molecule has 6 heteroatoms. The standard InChI is InChI=1S/C32H46N2O4/c1-3-4-5-22-20-23-21-25(38-31(36)34-14-11-24(12-15-34)33-16-18-37-19-17-33)6-7-26(23)27-10-13-32(2)28(30(22)27)8-9-29(32)35/h6-7,21-22,24,27-28,30H,3-5,8-20H2,1-2H3/t22-,27-,28+,30-,32+/m1/s1. The molecule has 2 saturated carbocycles. The van der Waals surface area contributed by atoms with Crippen molar-refractivity contribution in [2.75, 3.05) is 39.4 Å². The first-order chi connectivity index (χ1) is 18.5. The van der Waals surface area contributed by atoms with Crippen LogP contribution in [0, 0.1) is 23.2 Å². The maximum absolute atomic E-state index is 13.1. The topological polar surface area (TPSA) is 59.1 Å². The molecule has 0 N–H and O–H groups in total. The van der Waals surface area contributed by atoms with Gasteiger partial charge in [-0.15, -0.1) is 0 Å². The van der Waals surface area contributed by atoms with E-state index in [1.165, 1.54) is 30.4 Å². The van der Waals surface area contributed by atoms with Gasteiger partial charge in [0.15, 0.2) is 0 Å². The summed E-state index contributed by atoms with van der Waals surface area (Å²) in [4.78, 5) is 30.4. The van der Waals surface area contributed by atoms with E-state index in [0.29, 0.717) is 41.2 Å². The van der Waals surface area contributed by atoms with Gasteiger partial charge in [0.25, 0.3) is 0 Å². The number of benzene rings is 1. The van der Waals surface area contributed by atoms with Crippen molar-refractivity contribution in [1.29, 1.82) is 0 Å². The number of Topliss-reactive ketones (excluding diaryl/α,β-unsaturated/α-hetero) is 1. The van der Waals surface area contributed by atoms with Gasteiger partial charge in [0.2, 0.25) is 0 Å². The molecule has 1 amide bonds. The van der Waals surface area contributed by atoms with Gasteiger partial charge in [-0.1, -0.05) is 32.8 Å². The van der Waals surface area contributed by atoms with Gasteiger partial charge in [0.1, 0.15) is 11.5 Å². The molecule has 6 rings (SSSR count). The lowest BCUT2D eigenvalue weighted by molar-refractivity contribution is -0.130. The van der Waals surface area contributed by atoms with Crippen LogP contribution in [0.1, 0.15) is 88.7 Å². The van der Waals surface area contributed by atoms with Crippen molar-refractivity contribution in [1.82, 2.24) is 9.80 Å². The number of unbranched alkanes of at least 4 members (excludes halogenated alkanes) is 1. The number of carbonyl (C=O) groups excluding carboxylic acids is 2. The molecule has 4 fully saturated rings. The third-order valence-corrected chi connectivity index (χ3v) is 11.0. The van der Waals surface area contributed by atoms with E-state index in [1.54, 1.807) is 0 Å². The molecule has 6 nitrogen and oxygen atoms in total. The molecule has 0 spiro atoms. The van der Waals surface area contributed by atoms with Crippen molar-refractivity contribution in [3.05, 3.63) is 29.3 Å². The number of ether oxygens (including phenoxy) is 2. The van der Waals surface area contributed by atoms with E-state index in [0.717, 1.165) is 84.3 Å². The Kier molecular flexibility index (Phi) is 7.56. The number of hydrogen-bond acceptors (Lipinski definition) is 5. The predicted molar refractivity (Wildman–Crippen MR) is 147 cm³/mol. The molecule has 1 aromatic rings. The van der Waals surface area contributed by atoms with E-state index >= 15 is 0 Å². The van der Waals surface area contributed by atoms with Crippen LogP contribution in [0.3, 0.4) is 0 Å². The minimum absolute atomic E-state index is 0.103. The van der Waals surface area contributed by atoms with Crippen LogP contribution in [-0.4, -0.2) is 67.1 Å². The Bertz CT molecular complexity index is 1030. The van der Waals surface area contributed by atoms with E-state index in [4.69, 9.17) is 9.47 Å². The first-order valence-electron chi connectivity index (χ1n) is 15.4. The zero-order chi connectivity index (χ0) is 26.3. The lowest BCUT2D eigenvalue weighted by Gasteiger charge is -2.51. The lowest BCUT2D eigenvalue weighted by Crippen LogP contribution is -2.50. The number of amides is 1. The number of rotatable bonds is 5. The molecule has 0 radical (unpaired) electrons. The van der Waals surface area contributed by atoms with Gasteiger partial charge in [-0.3, -0.25) is 9.69 Å². The van der Waals surface area contributed by atoms with Crippen molar-refractivity contribution < 1.29 is 19.1 Å². The fraction of sp³-hybridized carbons (Fsp3) is 0.750. The minimum Gasteiger partial charge on any atom is -0.410 e. The Balaban J connectivity index is 1.14. The van der Waals surface area contributed by atoms with E-state index in [2.05, 4.69) is 30.9 Å². The molecule has 38 heavy (non-hydrogen) atoms. The summed E-state index contributed by atoms with van der Waals surface area (Å²) in [5.41, 5.74) is 2.72. The van der Waals surface area contributed by atoms with Gasteiger partial charge in [-0.25, -0.2) is 4.79 Å². The second-order valence-corrected chi connectivity index (χ2v) is 12.9. The number of ketones is 1. The summed E-state index contributed by atoms with van der Waals surface area (Å²) in [7, 11) is 0. The molecule has 3 aliphatic carbocycles. The molecule has 0 bridgehead atoms. The number of nitrogens with zero attached hydrogens (tertiary/aromatic N) is 2. The van der Waals surface area contributed by atoms with Gasteiger partial charge in [-0.2, -0.15) is 0 Å². The zero-order valence-electron chi connectivity index (χ0n) is 23.5. The highest BCUT2D eigenvalue weighted by molar-refractivity contribution is 5.87. The van der Waals surface area contributed by atoms with Gasteiger partial charge in [-0.05, 0) is 91.9 Å². The first-order valence-corrected chi connectivity index (χ1v) is 15.4. The smallest absolute Gasteiger partial charge is 0.410 e. The maximum atomic E-state index is 13.1. The van der Waals surface area contributed by atoms with E-state index < -0.39 is 0 Å². The summed E-state index contributed by atoms with van der Waals surface area (Å²) in [6.45, 7) is 9.70. The summed E-state index contributed by atoms with van der Waals surface area (Å²) in [6, 6.07) is 6.98. The Morgan fingerprint density at radius 3 is 2.66 bits per heavy atom. The minimum atomic E-state index is -0.209. The molecule has 5 atom stereocenters. The lowest BCUT2D eigenvalue weighted by atomic mass is 9.52. The number of morpholine rings is 1. The van der Waals surface area contributed by atoms with Crippen LogP contribution in [0.5, 0.6) is 5.75 Å². The van der Waals surface area contributed by atoms with Crippen LogP contribution in [0.25, 0.3) is 0 Å². The summed E-state index contributed by atoms with van der Waals surface area (Å²) in [5.74, 6) is 3.49. The molecule has 2 heterocycles. The van der Waals surface area contributed by atoms with Crippen molar-refractivity contribution in [3.8, 4) is 5.75 Å². The molecular weight excluding hydrogens is 476 g/mol. The zero-order valence-corrected chi connectivity index (χ0v) is 23.5. The van der Waals surface area contributed by atoms with Crippen LogP contribution in [-0.2, 0) is 16.0 Å². The third-order valence-electron chi connectivity index (χ3n) is 11.0. The largest absolute Gasteiger partial charge is 0.415 e. The third kappa shape index (κ3) is 4.81. The Morgan fingerprint density at radius 2 is 1.89 bits per heavy atom. The second-order valence-electron chi connectivity index (χ2n) is 12.9. The molecule has 2 aliphatic heterocycles. The number of carbonyl (C=O) groups is 2. The fourth-order valence-electron chi connectivity index (χ4n) is 8.87. The Hall–Kier alpha value is -1.92. The second kappa shape index (κ2) is 10.9. The van der Waals surface area contributed by atoms with Gasteiger partial charge in [0.05, 0.1) is 13.2 Å². The molecular formula is C32H46N2O4. The van der Waals surface area contributed by atoms with Gasteiger partial charge in [0, 0.05) is 44.1 Å². The highest BCUT2D eigenvalue weighted by atomic mass is 16.6. The predicted octanol–water partition coefficient (Wildman–Crippen LogP) is 5.82. The summed E-state index contributed by atoms with van der Waals surface area (Å²) >= 11 is 0. The molecule has 2 saturated heterocycles. The van der Waals surface area contributed by atoms with Gasteiger partial charge < -0.3 is 14.4 Å². The van der Waals surface area contributed by atoms with E-state index in [-0.39, 0.29) is 11.5 Å². The molecule has 0 unspecified atom stereocenters. The highest BCUT2D eigenvalue weighted by Gasteiger charge is 2.56. The van der Waals surface area contributed by atoms with Crippen molar-refractivity contribution in [2.45, 2.75) is 90.0 Å². The van der Waals surface area contributed by atoms with E-state index in [9.17, 15) is 9.59 Å². The highest BCUT2D eigenvalue weighted by Crippen LogP contribution is 2.61. The van der Waals surface area contributed by atoms with E-state index in [1.807, 2.05) is 11.0 Å². The molecule has 208 valence electrons. The summed E-state index contributed by atoms with van der Waals surface area (Å²) < 4.78 is 11.5. The SMILES string of the molecule is CCCC[C@@H]1Cc2cc(OC(=O)N3CCC(N4CCOCC4)CC3)ccc2[C@H]2CC[C@]3(C)C(=O)CC[C@H]3[C@H]12. The number of fused-ring (bicyclic) bond motifs is 5. The Morgan fingerprint density at radius 1 is 1.11 bits per heavy atom. The molecule has 1 aromatic carbocycles. The monoisotopic (exact) mass is 522 g/mol. The average molecular weight is 523 g/mol. The average Bonchev–Trinajstić information content (AvgIpc) is 3.26. The van der Waals surface area contributed by atoms with Crippen molar-refractivity contribution in [2.24, 2.45) is 23.2 Å². The maximum Gasteiger partial charge on any atom is 0.415 e. The molecule has 0 aromatic heterocycles. The quantitative estimate of drug-likeness (QED) is 0.487. The van der Waals surface area contributed by atoms with Crippen LogP contribution >= 0.6 is 0 Å². The van der Waals surface area contributed by atoms with Gasteiger partial charge >= 0.3 is 6.09 Å². The number of hydrogen-bond donors (Lipinski definition) is 0. The molecule has 5 aliphatic rings. The van der Waals surface area contributed by atoms with Crippen molar-refractivity contribution >= 4 is 11.9 Å². The summed E-state index contributed by atoms with van der Waals surface area (Å²) in [6.07, 6.45) is 10.5. The summed E-state index contributed by atoms with van der Waals surface area (Å²) in [5, 5.41) is 0. The Labute approximate surface area is 228 Å². The number of piperidine rings is 1.